The lowest BCUT2D eigenvalue weighted by Gasteiger charge is -2.07. The Kier molecular flexibility index (Phi) is 5.88. The van der Waals surface area contributed by atoms with Gasteiger partial charge in [-0.05, 0) is 44.5 Å². The van der Waals surface area contributed by atoms with Crippen LogP contribution in [0.1, 0.15) is 21.8 Å². The van der Waals surface area contributed by atoms with Gasteiger partial charge in [0, 0.05) is 27.8 Å². The number of thiophene rings is 1. The fourth-order valence-electron chi connectivity index (χ4n) is 4.17. The Morgan fingerprint density at radius 1 is 1.00 bits per heavy atom. The predicted octanol–water partition coefficient (Wildman–Crippen LogP) is 5.02. The maximum Gasteiger partial charge on any atom is 0.281 e. The average molecular weight is 482 g/mol. The Balaban J connectivity index is 1.44. The second kappa shape index (κ2) is 9.15. The number of amides is 1. The van der Waals surface area contributed by atoms with Gasteiger partial charge in [-0.15, -0.1) is 11.3 Å². The molecule has 174 valence electrons. The molecule has 0 aliphatic carbocycles. The van der Waals surface area contributed by atoms with Crippen LogP contribution >= 0.6 is 11.3 Å². The van der Waals surface area contributed by atoms with Crippen LogP contribution in [0.4, 0.5) is 0 Å². The van der Waals surface area contributed by atoms with Gasteiger partial charge in [0.25, 0.3) is 11.5 Å². The molecule has 3 heterocycles. The second-order valence-electron chi connectivity index (χ2n) is 8.14. The summed E-state index contributed by atoms with van der Waals surface area (Å²) in [7, 11) is 0. The Morgan fingerprint density at radius 2 is 1.69 bits per heavy atom. The molecule has 0 saturated carbocycles. The quantitative estimate of drug-likeness (QED) is 0.358. The van der Waals surface area contributed by atoms with Gasteiger partial charge in [-0.3, -0.25) is 15.0 Å². The van der Waals surface area contributed by atoms with Crippen LogP contribution in [-0.4, -0.2) is 25.3 Å². The van der Waals surface area contributed by atoms with Crippen molar-refractivity contribution < 1.29 is 4.79 Å². The molecule has 0 aliphatic heterocycles. The Morgan fingerprint density at radius 3 is 2.40 bits per heavy atom. The fraction of sp³-hybridized carbons (Fsp3) is 0.111. The molecule has 0 bridgehead atoms. The topological polar surface area (TPSA) is 81.8 Å². The van der Waals surface area contributed by atoms with Crippen molar-refractivity contribution in [2.24, 2.45) is 0 Å². The van der Waals surface area contributed by atoms with E-state index in [4.69, 9.17) is 0 Å². The van der Waals surface area contributed by atoms with Crippen LogP contribution in [0.3, 0.4) is 0 Å². The van der Waals surface area contributed by atoms with Crippen LogP contribution in [0.25, 0.3) is 33.1 Å². The summed E-state index contributed by atoms with van der Waals surface area (Å²) in [6.07, 6.45) is 4.47. The molecule has 0 radical (unpaired) electrons. The zero-order valence-electron chi connectivity index (χ0n) is 19.5. The van der Waals surface area contributed by atoms with E-state index in [-0.39, 0.29) is 5.56 Å². The third kappa shape index (κ3) is 4.20. The van der Waals surface area contributed by atoms with Gasteiger partial charge in [0.1, 0.15) is 11.2 Å². The van der Waals surface area contributed by atoms with Gasteiger partial charge < -0.3 is 0 Å². The average Bonchev–Trinajstić information content (AvgIpc) is 3.36. The zero-order valence-corrected chi connectivity index (χ0v) is 20.3. The van der Waals surface area contributed by atoms with E-state index in [9.17, 15) is 9.59 Å². The molecule has 35 heavy (non-hydrogen) atoms. The number of fused-ring (bicyclic) bond motifs is 1. The highest BCUT2D eigenvalue weighted by Gasteiger charge is 2.17. The summed E-state index contributed by atoms with van der Waals surface area (Å²) in [5.74, 6) is -0.437. The maximum absolute atomic E-state index is 13.3. The first-order valence-corrected chi connectivity index (χ1v) is 11.9. The van der Waals surface area contributed by atoms with Crippen molar-refractivity contribution >= 4 is 33.5 Å². The number of aromatic nitrogens is 4. The van der Waals surface area contributed by atoms with Crippen molar-refractivity contribution in [3.8, 4) is 16.8 Å². The van der Waals surface area contributed by atoms with Gasteiger partial charge in [0.2, 0.25) is 0 Å². The Labute approximate surface area is 206 Å². The van der Waals surface area contributed by atoms with Crippen molar-refractivity contribution in [1.29, 1.82) is 0 Å². The minimum Gasteiger partial charge on any atom is -0.268 e. The molecule has 7 nitrogen and oxygen atoms in total. The first-order valence-electron chi connectivity index (χ1n) is 11.1. The van der Waals surface area contributed by atoms with Gasteiger partial charge in [0.15, 0.2) is 0 Å². The lowest BCUT2D eigenvalue weighted by atomic mass is 10.0. The van der Waals surface area contributed by atoms with Crippen molar-refractivity contribution in [3.63, 3.8) is 0 Å². The van der Waals surface area contributed by atoms with E-state index in [1.165, 1.54) is 23.7 Å². The van der Waals surface area contributed by atoms with E-state index >= 15 is 0 Å². The number of nitrogens with zero attached hydrogens (tertiary/aromatic N) is 4. The van der Waals surface area contributed by atoms with Crippen LogP contribution in [0, 0.1) is 20.8 Å². The van der Waals surface area contributed by atoms with Crippen LogP contribution in [0.2, 0.25) is 0 Å². The largest absolute Gasteiger partial charge is 0.281 e. The number of hydrogen-bond acceptors (Lipinski definition) is 5. The zero-order chi connectivity index (χ0) is 24.5. The van der Waals surface area contributed by atoms with Gasteiger partial charge in [-0.2, -0.15) is 5.10 Å². The molecule has 1 amide bonds. The van der Waals surface area contributed by atoms with Crippen LogP contribution in [0.15, 0.2) is 77.9 Å². The monoisotopic (exact) mass is 481 g/mol. The summed E-state index contributed by atoms with van der Waals surface area (Å²) in [4.78, 5) is 32.1. The SMILES string of the molecule is Cc1nn(-c2ccccc2)c(C)c1/C=C/C(=O)Nn1cnc2sc(C)c(-c3ccccc3)c2c1=O. The molecule has 0 aliphatic rings. The summed E-state index contributed by atoms with van der Waals surface area (Å²) in [5.41, 5.74) is 7.63. The number of para-hydroxylation sites is 1. The van der Waals surface area contributed by atoms with Gasteiger partial charge in [-0.25, -0.2) is 14.3 Å². The lowest BCUT2D eigenvalue weighted by Crippen LogP contribution is -2.32. The van der Waals surface area contributed by atoms with Gasteiger partial charge in [-0.1, -0.05) is 48.5 Å². The number of benzene rings is 2. The van der Waals surface area contributed by atoms with Crippen LogP contribution in [-0.2, 0) is 4.79 Å². The molecule has 1 N–H and O–H groups in total. The molecule has 0 fully saturated rings. The van der Waals surface area contributed by atoms with Crippen molar-refractivity contribution in [2.45, 2.75) is 20.8 Å². The molecule has 0 atom stereocenters. The maximum atomic E-state index is 13.3. The molecule has 3 aromatic heterocycles. The van der Waals surface area contributed by atoms with Gasteiger partial charge >= 0.3 is 0 Å². The van der Waals surface area contributed by atoms with Crippen molar-refractivity contribution in [2.75, 3.05) is 5.43 Å². The number of carbonyl (C=O) groups excluding carboxylic acids is 1. The van der Waals surface area contributed by atoms with E-state index in [0.717, 1.165) is 43.3 Å². The predicted molar refractivity (Wildman–Crippen MR) is 140 cm³/mol. The summed E-state index contributed by atoms with van der Waals surface area (Å²) in [6.45, 7) is 5.83. The smallest absolute Gasteiger partial charge is 0.268 e. The van der Waals surface area contributed by atoms with E-state index in [0.29, 0.717) is 10.2 Å². The minimum atomic E-state index is -0.437. The first-order chi connectivity index (χ1) is 16.9. The molecule has 0 saturated heterocycles. The Bertz CT molecular complexity index is 1630. The van der Waals surface area contributed by atoms with E-state index in [1.807, 2.05) is 86.1 Å². The number of rotatable bonds is 5. The molecule has 5 aromatic rings. The Hall–Kier alpha value is -4.30. The molecular formula is C27H23N5O2S. The first kappa shape index (κ1) is 22.5. The normalized spacial score (nSPS) is 11.4. The van der Waals surface area contributed by atoms with Crippen LogP contribution in [0.5, 0.6) is 0 Å². The summed E-state index contributed by atoms with van der Waals surface area (Å²) < 4.78 is 2.99. The third-order valence-corrected chi connectivity index (χ3v) is 6.84. The molecule has 8 heteroatoms. The van der Waals surface area contributed by atoms with E-state index in [2.05, 4.69) is 15.5 Å². The molecule has 0 unspecified atom stereocenters. The van der Waals surface area contributed by atoms with Crippen LogP contribution < -0.4 is 11.0 Å². The van der Waals surface area contributed by atoms with Crippen molar-refractivity contribution in [1.82, 2.24) is 19.4 Å². The van der Waals surface area contributed by atoms with E-state index in [1.54, 1.807) is 6.08 Å². The molecule has 5 rings (SSSR count). The standard InChI is InChI=1S/C27H23N5O2S/c1-17-22(18(2)32(29-17)21-12-8-5-9-13-21)14-15-23(33)30-31-16-28-26-25(27(31)34)24(19(3)35-26)20-10-6-4-7-11-20/h4-16H,1-3H3,(H,30,33)/b15-14+. The lowest BCUT2D eigenvalue weighted by molar-refractivity contribution is -0.112. The van der Waals surface area contributed by atoms with Crippen molar-refractivity contribution in [3.05, 3.63) is 105 Å². The molecule has 2 aromatic carbocycles. The number of aryl methyl sites for hydroxylation is 2. The second-order valence-corrected chi connectivity index (χ2v) is 9.34. The summed E-state index contributed by atoms with van der Waals surface area (Å²) >= 11 is 1.47. The highest BCUT2D eigenvalue weighted by Crippen LogP contribution is 2.35. The molecular weight excluding hydrogens is 458 g/mol. The number of hydrogen-bond donors (Lipinski definition) is 1. The highest BCUT2D eigenvalue weighted by atomic mass is 32.1. The fourth-order valence-corrected chi connectivity index (χ4v) is 5.17. The number of nitrogens with one attached hydrogen (secondary N) is 1. The number of carbonyl (C=O) groups is 1. The highest BCUT2D eigenvalue weighted by molar-refractivity contribution is 7.19. The summed E-state index contributed by atoms with van der Waals surface area (Å²) in [5, 5.41) is 5.10. The minimum absolute atomic E-state index is 0.316. The molecule has 0 spiro atoms. The summed E-state index contributed by atoms with van der Waals surface area (Å²) in [6, 6.07) is 19.5. The van der Waals surface area contributed by atoms with E-state index < -0.39 is 5.91 Å². The van der Waals surface area contributed by atoms with Gasteiger partial charge in [0.05, 0.1) is 16.8 Å². The third-order valence-electron chi connectivity index (χ3n) is 5.83.